The third kappa shape index (κ3) is 2.60. The number of carbonyl (C=O) groups excluding carboxylic acids is 1. The smallest absolute Gasteiger partial charge is 0.169 e. The molecule has 1 aromatic carbocycles. The molecule has 1 aliphatic rings. The molecule has 0 aliphatic carbocycles. The molecule has 2 unspecified atom stereocenters. The molecule has 98 valence electrons. The highest BCUT2D eigenvalue weighted by Gasteiger charge is 2.30. The van der Waals surface area contributed by atoms with Crippen molar-refractivity contribution in [2.24, 2.45) is 11.8 Å². The average Bonchev–Trinajstić information content (AvgIpc) is 2.36. The van der Waals surface area contributed by atoms with E-state index in [-0.39, 0.29) is 28.2 Å². The summed E-state index contributed by atoms with van der Waals surface area (Å²) < 4.78 is 14.5. The van der Waals surface area contributed by atoms with Crippen LogP contribution in [-0.4, -0.2) is 18.9 Å². The molecule has 1 fully saturated rings. The minimum Gasteiger partial charge on any atom is -0.316 e. The number of hydrogen-bond acceptors (Lipinski definition) is 2. The summed E-state index contributed by atoms with van der Waals surface area (Å²) in [7, 11) is 0. The van der Waals surface area contributed by atoms with Gasteiger partial charge in [0.1, 0.15) is 0 Å². The van der Waals surface area contributed by atoms with Gasteiger partial charge in [0.2, 0.25) is 0 Å². The van der Waals surface area contributed by atoms with E-state index in [2.05, 4.69) is 21.2 Å². The van der Waals surface area contributed by atoms with Gasteiger partial charge in [-0.05, 0) is 53.5 Å². The predicted octanol–water partition coefficient (Wildman–Crippen LogP) is 3.67. The molecule has 0 spiro atoms. The number of hydrogen-bond donors (Lipinski definition) is 1. The first-order valence-electron chi connectivity index (χ1n) is 5.90. The minimum atomic E-state index is -0.623. The number of rotatable bonds is 2. The molecular weight excluding hydrogens is 321 g/mol. The molecule has 0 amide bonds. The van der Waals surface area contributed by atoms with Crippen LogP contribution < -0.4 is 5.32 Å². The Morgan fingerprint density at radius 1 is 1.56 bits per heavy atom. The third-order valence-electron chi connectivity index (χ3n) is 3.42. The lowest BCUT2D eigenvalue weighted by molar-refractivity contribution is 0.0844. The largest absolute Gasteiger partial charge is 0.316 e. The van der Waals surface area contributed by atoms with Gasteiger partial charge in [-0.25, -0.2) is 4.39 Å². The summed E-state index contributed by atoms with van der Waals surface area (Å²) >= 11 is 8.96. The van der Waals surface area contributed by atoms with Crippen LogP contribution in [0.3, 0.4) is 0 Å². The van der Waals surface area contributed by atoms with E-state index in [0.717, 1.165) is 19.5 Å². The van der Waals surface area contributed by atoms with Crippen LogP contribution in [0.1, 0.15) is 23.7 Å². The Hall–Kier alpha value is -0.450. The molecule has 2 nitrogen and oxygen atoms in total. The van der Waals surface area contributed by atoms with Crippen molar-refractivity contribution >= 4 is 33.3 Å². The van der Waals surface area contributed by atoms with E-state index in [4.69, 9.17) is 11.6 Å². The molecule has 2 rings (SSSR count). The fraction of sp³-hybridized carbons (Fsp3) is 0.462. The molecule has 1 aliphatic heterocycles. The fourth-order valence-corrected chi connectivity index (χ4v) is 2.79. The summed E-state index contributed by atoms with van der Waals surface area (Å²) in [6.45, 7) is 3.60. The Balaban J connectivity index is 2.31. The van der Waals surface area contributed by atoms with Crippen molar-refractivity contribution in [3.8, 4) is 0 Å². The second kappa shape index (κ2) is 5.68. The van der Waals surface area contributed by atoms with Crippen LogP contribution in [0.25, 0.3) is 0 Å². The van der Waals surface area contributed by atoms with Crippen molar-refractivity contribution < 1.29 is 9.18 Å². The first-order chi connectivity index (χ1) is 8.52. The van der Waals surface area contributed by atoms with Gasteiger partial charge < -0.3 is 5.32 Å². The second-order valence-electron chi connectivity index (χ2n) is 4.66. The quantitative estimate of drug-likeness (QED) is 0.660. The third-order valence-corrected chi connectivity index (χ3v) is 4.68. The maximum atomic E-state index is 14.0. The second-order valence-corrected chi connectivity index (χ2v) is 5.90. The van der Waals surface area contributed by atoms with Crippen LogP contribution in [0.4, 0.5) is 4.39 Å². The van der Waals surface area contributed by atoms with Crippen LogP contribution in [0, 0.1) is 17.7 Å². The van der Waals surface area contributed by atoms with E-state index in [1.165, 1.54) is 6.07 Å². The lowest BCUT2D eigenvalue weighted by Crippen LogP contribution is -2.39. The topological polar surface area (TPSA) is 29.1 Å². The van der Waals surface area contributed by atoms with Gasteiger partial charge in [-0.3, -0.25) is 4.79 Å². The van der Waals surface area contributed by atoms with Gasteiger partial charge in [-0.1, -0.05) is 18.5 Å². The van der Waals surface area contributed by atoms with Crippen LogP contribution in [0.2, 0.25) is 5.02 Å². The molecule has 0 bridgehead atoms. The SMILES string of the molecule is CC1CNCCC1C(=O)c1ccc(Br)c(Cl)c1F. The molecule has 2 atom stereocenters. The highest BCUT2D eigenvalue weighted by molar-refractivity contribution is 9.10. The van der Waals surface area contributed by atoms with Gasteiger partial charge in [-0.15, -0.1) is 0 Å². The Morgan fingerprint density at radius 2 is 2.28 bits per heavy atom. The molecule has 0 radical (unpaired) electrons. The van der Waals surface area contributed by atoms with Gasteiger partial charge in [0.25, 0.3) is 0 Å². The number of piperidine rings is 1. The Labute approximate surface area is 119 Å². The fourth-order valence-electron chi connectivity index (χ4n) is 2.32. The number of nitrogens with one attached hydrogen (secondary N) is 1. The summed E-state index contributed by atoms with van der Waals surface area (Å²) in [5.41, 5.74) is 0.0990. The number of Topliss-reactive ketones (excluding diaryl/α,β-unsaturated/α-hetero) is 1. The van der Waals surface area contributed by atoms with E-state index < -0.39 is 5.82 Å². The summed E-state index contributed by atoms with van der Waals surface area (Å²) in [5.74, 6) is -0.677. The van der Waals surface area contributed by atoms with Crippen molar-refractivity contribution in [1.82, 2.24) is 5.32 Å². The number of carbonyl (C=O) groups is 1. The summed E-state index contributed by atoms with van der Waals surface area (Å²) in [6.07, 6.45) is 0.743. The maximum absolute atomic E-state index is 14.0. The van der Waals surface area contributed by atoms with Crippen LogP contribution in [0.5, 0.6) is 0 Å². The average molecular weight is 335 g/mol. The zero-order valence-corrected chi connectivity index (χ0v) is 12.3. The minimum absolute atomic E-state index is 0.0255. The molecule has 1 aromatic rings. The first-order valence-corrected chi connectivity index (χ1v) is 7.08. The monoisotopic (exact) mass is 333 g/mol. The Kier molecular flexibility index (Phi) is 4.41. The summed E-state index contributed by atoms with van der Waals surface area (Å²) in [6, 6.07) is 3.12. The Bertz CT molecular complexity index is 480. The van der Waals surface area contributed by atoms with E-state index in [1.54, 1.807) is 6.07 Å². The highest BCUT2D eigenvalue weighted by Crippen LogP contribution is 2.31. The molecule has 5 heteroatoms. The van der Waals surface area contributed by atoms with Gasteiger partial charge in [-0.2, -0.15) is 0 Å². The van der Waals surface area contributed by atoms with Gasteiger partial charge >= 0.3 is 0 Å². The van der Waals surface area contributed by atoms with E-state index in [1.807, 2.05) is 6.92 Å². The molecule has 18 heavy (non-hydrogen) atoms. The maximum Gasteiger partial charge on any atom is 0.169 e. The predicted molar refractivity (Wildman–Crippen MR) is 73.6 cm³/mol. The summed E-state index contributed by atoms with van der Waals surface area (Å²) in [5, 5.41) is 3.20. The van der Waals surface area contributed by atoms with Crippen molar-refractivity contribution in [3.05, 3.63) is 33.0 Å². The highest BCUT2D eigenvalue weighted by atomic mass is 79.9. The van der Waals surface area contributed by atoms with Crippen LogP contribution >= 0.6 is 27.5 Å². The lowest BCUT2D eigenvalue weighted by atomic mass is 9.82. The van der Waals surface area contributed by atoms with Crippen LogP contribution in [0.15, 0.2) is 16.6 Å². The first kappa shape index (κ1) is 14.0. The van der Waals surface area contributed by atoms with Crippen molar-refractivity contribution in [3.63, 3.8) is 0 Å². The summed E-state index contributed by atoms with van der Waals surface area (Å²) in [4.78, 5) is 12.4. The van der Waals surface area contributed by atoms with E-state index >= 15 is 0 Å². The number of benzene rings is 1. The van der Waals surface area contributed by atoms with Crippen molar-refractivity contribution in [1.29, 1.82) is 0 Å². The lowest BCUT2D eigenvalue weighted by Gasteiger charge is -2.28. The molecular formula is C13H14BrClFNO. The zero-order valence-electron chi connectivity index (χ0n) is 9.97. The van der Waals surface area contributed by atoms with E-state index in [9.17, 15) is 9.18 Å². The molecule has 1 N–H and O–H groups in total. The van der Waals surface area contributed by atoms with Crippen LogP contribution in [-0.2, 0) is 0 Å². The molecule has 1 heterocycles. The molecule has 0 saturated carbocycles. The number of ketones is 1. The van der Waals surface area contributed by atoms with Gasteiger partial charge in [0, 0.05) is 10.4 Å². The standard InChI is InChI=1S/C13H14BrClFNO/c1-7-6-17-5-4-8(7)13(18)9-2-3-10(14)11(15)12(9)16/h2-3,7-8,17H,4-6H2,1H3. The number of halogens is 3. The Morgan fingerprint density at radius 3 is 2.94 bits per heavy atom. The molecule has 1 saturated heterocycles. The van der Waals surface area contributed by atoms with Crippen molar-refractivity contribution in [2.75, 3.05) is 13.1 Å². The zero-order chi connectivity index (χ0) is 13.3. The van der Waals surface area contributed by atoms with Crippen molar-refractivity contribution in [2.45, 2.75) is 13.3 Å². The van der Waals surface area contributed by atoms with Gasteiger partial charge in [0.05, 0.1) is 10.6 Å². The van der Waals surface area contributed by atoms with Gasteiger partial charge in [0.15, 0.2) is 11.6 Å². The normalized spacial score (nSPS) is 24.0. The molecule has 0 aromatic heterocycles. The van der Waals surface area contributed by atoms with E-state index in [0.29, 0.717) is 4.47 Å².